The van der Waals surface area contributed by atoms with Crippen LogP contribution in [0.3, 0.4) is 0 Å². The van der Waals surface area contributed by atoms with Crippen LogP contribution in [0.2, 0.25) is 0 Å². The first kappa shape index (κ1) is 24.7. The number of amides is 1. The van der Waals surface area contributed by atoms with Gasteiger partial charge in [0.05, 0.1) is 19.6 Å². The summed E-state index contributed by atoms with van der Waals surface area (Å²) in [4.78, 5) is 24.1. The van der Waals surface area contributed by atoms with Crippen molar-refractivity contribution >= 4 is 17.7 Å². The highest BCUT2D eigenvalue weighted by atomic mass is 16.5. The molecule has 1 N–H and O–H groups in total. The van der Waals surface area contributed by atoms with E-state index in [1.165, 1.54) is 0 Å². The van der Waals surface area contributed by atoms with Crippen LogP contribution < -0.4 is 5.32 Å². The Labute approximate surface area is 210 Å². The minimum absolute atomic E-state index is 0.235. The number of rotatable bonds is 9. The second-order valence-electron chi connectivity index (χ2n) is 8.22. The van der Waals surface area contributed by atoms with E-state index in [9.17, 15) is 9.59 Å². The van der Waals surface area contributed by atoms with Crippen molar-refractivity contribution in [1.82, 2.24) is 5.16 Å². The standard InChI is InChI=1S/C29H28N2O5/c1-3-34-26(32)19-22-9-11-23(12-10-22)24-13-15-25(16-14-24)28-27(20(2)31-36-28)30-29(33)35-18-17-21-7-5-4-6-8-21/h4-16H,3,17-19H2,1-2H3,(H,30,33). The van der Waals surface area contributed by atoms with Gasteiger partial charge in [0.1, 0.15) is 11.4 Å². The van der Waals surface area contributed by atoms with Crippen molar-refractivity contribution < 1.29 is 23.6 Å². The molecule has 1 aromatic heterocycles. The highest BCUT2D eigenvalue weighted by molar-refractivity contribution is 5.91. The van der Waals surface area contributed by atoms with Gasteiger partial charge >= 0.3 is 12.1 Å². The Morgan fingerprint density at radius 1 is 0.833 bits per heavy atom. The van der Waals surface area contributed by atoms with E-state index in [-0.39, 0.29) is 19.0 Å². The van der Waals surface area contributed by atoms with Crippen LogP contribution in [-0.4, -0.2) is 30.4 Å². The highest BCUT2D eigenvalue weighted by Gasteiger charge is 2.18. The van der Waals surface area contributed by atoms with E-state index in [2.05, 4.69) is 10.5 Å². The number of nitrogens with zero attached hydrogens (tertiary/aromatic N) is 1. The summed E-state index contributed by atoms with van der Waals surface area (Å²) in [5.74, 6) is 0.227. The number of carbonyl (C=O) groups is 2. The van der Waals surface area contributed by atoms with Crippen molar-refractivity contribution in [2.45, 2.75) is 26.7 Å². The summed E-state index contributed by atoms with van der Waals surface area (Å²) in [5.41, 5.74) is 5.84. The largest absolute Gasteiger partial charge is 0.466 e. The average Bonchev–Trinajstić information content (AvgIpc) is 3.25. The molecule has 0 atom stereocenters. The Balaban J connectivity index is 1.39. The number of aromatic nitrogens is 1. The first-order valence-electron chi connectivity index (χ1n) is 11.8. The van der Waals surface area contributed by atoms with Crippen LogP contribution >= 0.6 is 0 Å². The molecule has 0 aliphatic rings. The molecule has 0 fully saturated rings. The van der Waals surface area contributed by atoms with Crippen LogP contribution in [-0.2, 0) is 27.1 Å². The topological polar surface area (TPSA) is 90.7 Å². The molecule has 7 nitrogen and oxygen atoms in total. The van der Waals surface area contributed by atoms with Gasteiger partial charge in [0.15, 0.2) is 5.76 Å². The highest BCUT2D eigenvalue weighted by Crippen LogP contribution is 2.32. The molecule has 1 amide bonds. The molecule has 0 bridgehead atoms. The van der Waals surface area contributed by atoms with Gasteiger partial charge in [-0.15, -0.1) is 0 Å². The number of carbonyl (C=O) groups excluding carboxylic acids is 2. The molecule has 4 rings (SSSR count). The lowest BCUT2D eigenvalue weighted by atomic mass is 10.0. The summed E-state index contributed by atoms with van der Waals surface area (Å²) >= 11 is 0. The predicted octanol–water partition coefficient (Wildman–Crippen LogP) is 6.21. The molecule has 3 aromatic carbocycles. The molecule has 0 aliphatic heterocycles. The molecule has 0 saturated carbocycles. The van der Waals surface area contributed by atoms with Crippen molar-refractivity contribution in [3.63, 3.8) is 0 Å². The van der Waals surface area contributed by atoms with Gasteiger partial charge in [0, 0.05) is 12.0 Å². The first-order valence-corrected chi connectivity index (χ1v) is 11.8. The monoisotopic (exact) mass is 484 g/mol. The van der Waals surface area contributed by atoms with Crippen molar-refractivity contribution in [2.75, 3.05) is 18.5 Å². The lowest BCUT2D eigenvalue weighted by molar-refractivity contribution is -0.142. The molecule has 4 aromatic rings. The molecule has 0 unspecified atom stereocenters. The van der Waals surface area contributed by atoms with Crippen molar-refractivity contribution in [3.05, 3.63) is 95.7 Å². The number of hydrogen-bond acceptors (Lipinski definition) is 6. The zero-order valence-electron chi connectivity index (χ0n) is 20.3. The maximum atomic E-state index is 12.4. The predicted molar refractivity (Wildman–Crippen MR) is 138 cm³/mol. The maximum Gasteiger partial charge on any atom is 0.411 e. The number of hydrogen-bond donors (Lipinski definition) is 1. The summed E-state index contributed by atoms with van der Waals surface area (Å²) in [5, 5.41) is 6.78. The zero-order chi connectivity index (χ0) is 25.3. The van der Waals surface area contributed by atoms with Crippen LogP contribution in [0.1, 0.15) is 23.7 Å². The minimum Gasteiger partial charge on any atom is -0.466 e. The fourth-order valence-corrected chi connectivity index (χ4v) is 3.77. The SMILES string of the molecule is CCOC(=O)Cc1ccc(-c2ccc(-c3onc(C)c3NC(=O)OCCc3ccccc3)cc2)cc1. The number of anilines is 1. The third kappa shape index (κ3) is 6.39. The average molecular weight is 485 g/mol. The van der Waals surface area contributed by atoms with Crippen LogP contribution in [0.25, 0.3) is 22.5 Å². The molecular formula is C29H28N2O5. The van der Waals surface area contributed by atoms with E-state index in [1.807, 2.05) is 78.9 Å². The number of aryl methyl sites for hydroxylation is 1. The molecule has 0 spiro atoms. The third-order valence-electron chi connectivity index (χ3n) is 5.64. The van der Waals surface area contributed by atoms with Crippen molar-refractivity contribution in [2.24, 2.45) is 0 Å². The fraction of sp³-hybridized carbons (Fsp3) is 0.207. The number of ether oxygens (including phenoxy) is 2. The molecule has 36 heavy (non-hydrogen) atoms. The summed E-state index contributed by atoms with van der Waals surface area (Å²) in [6.45, 7) is 4.20. The number of benzene rings is 3. The Bertz CT molecular complexity index is 1300. The van der Waals surface area contributed by atoms with E-state index >= 15 is 0 Å². The van der Waals surface area contributed by atoms with E-state index < -0.39 is 6.09 Å². The summed E-state index contributed by atoms with van der Waals surface area (Å²) < 4.78 is 15.9. The first-order chi connectivity index (χ1) is 17.5. The second-order valence-corrected chi connectivity index (χ2v) is 8.22. The van der Waals surface area contributed by atoms with E-state index in [1.54, 1.807) is 13.8 Å². The summed E-state index contributed by atoms with van der Waals surface area (Å²) in [7, 11) is 0. The second kappa shape index (κ2) is 11.8. The molecule has 0 aliphatic carbocycles. The molecule has 1 heterocycles. The third-order valence-corrected chi connectivity index (χ3v) is 5.64. The Morgan fingerprint density at radius 3 is 2.14 bits per heavy atom. The van der Waals surface area contributed by atoms with Crippen molar-refractivity contribution in [1.29, 1.82) is 0 Å². The van der Waals surface area contributed by atoms with Crippen LogP contribution in [0.15, 0.2) is 83.4 Å². The van der Waals surface area contributed by atoms with Crippen LogP contribution in [0.5, 0.6) is 0 Å². The van der Waals surface area contributed by atoms with Gasteiger partial charge in [-0.3, -0.25) is 10.1 Å². The Kier molecular flexibility index (Phi) is 8.13. The van der Waals surface area contributed by atoms with Gasteiger partial charge in [-0.2, -0.15) is 0 Å². The normalized spacial score (nSPS) is 10.6. The molecule has 0 saturated heterocycles. The maximum absolute atomic E-state index is 12.4. The van der Waals surface area contributed by atoms with Crippen LogP contribution in [0.4, 0.5) is 10.5 Å². The van der Waals surface area contributed by atoms with E-state index in [4.69, 9.17) is 14.0 Å². The van der Waals surface area contributed by atoms with Gasteiger partial charge in [-0.05, 0) is 36.1 Å². The summed E-state index contributed by atoms with van der Waals surface area (Å²) in [6, 6.07) is 25.4. The fourth-order valence-electron chi connectivity index (χ4n) is 3.77. The Hall–Kier alpha value is -4.39. The minimum atomic E-state index is -0.557. The van der Waals surface area contributed by atoms with Gasteiger partial charge < -0.3 is 14.0 Å². The van der Waals surface area contributed by atoms with Gasteiger partial charge in [-0.1, -0.05) is 84.0 Å². The smallest absolute Gasteiger partial charge is 0.411 e. The van der Waals surface area contributed by atoms with Gasteiger partial charge in [0.2, 0.25) is 0 Å². The van der Waals surface area contributed by atoms with Crippen LogP contribution in [0, 0.1) is 6.92 Å². The van der Waals surface area contributed by atoms with E-state index in [0.717, 1.165) is 27.8 Å². The molecule has 0 radical (unpaired) electrons. The lowest BCUT2D eigenvalue weighted by Gasteiger charge is -2.08. The number of nitrogens with one attached hydrogen (secondary N) is 1. The molecular weight excluding hydrogens is 456 g/mol. The number of esters is 1. The van der Waals surface area contributed by atoms with Gasteiger partial charge in [-0.25, -0.2) is 4.79 Å². The molecule has 7 heteroatoms. The Morgan fingerprint density at radius 2 is 1.47 bits per heavy atom. The zero-order valence-corrected chi connectivity index (χ0v) is 20.3. The molecule has 184 valence electrons. The van der Waals surface area contributed by atoms with E-state index in [0.29, 0.717) is 30.2 Å². The summed E-state index contributed by atoms with van der Waals surface area (Å²) in [6.07, 6.45) is 0.329. The quantitative estimate of drug-likeness (QED) is 0.284. The van der Waals surface area contributed by atoms with Gasteiger partial charge in [0.25, 0.3) is 0 Å². The lowest BCUT2D eigenvalue weighted by Crippen LogP contribution is -2.16. The van der Waals surface area contributed by atoms with Crippen molar-refractivity contribution in [3.8, 4) is 22.5 Å².